The first-order valence-corrected chi connectivity index (χ1v) is 10.8. The van der Waals surface area contributed by atoms with Crippen molar-refractivity contribution in [1.29, 1.82) is 0 Å². The van der Waals surface area contributed by atoms with Crippen molar-refractivity contribution in [2.24, 2.45) is 0 Å². The molecular weight excluding hydrogens is 432 g/mol. The third-order valence-corrected chi connectivity index (χ3v) is 6.45. The number of halogens is 3. The third kappa shape index (κ3) is 3.58. The van der Waals surface area contributed by atoms with Crippen molar-refractivity contribution in [1.82, 2.24) is 0 Å². The van der Waals surface area contributed by atoms with Gasteiger partial charge in [0, 0.05) is 33.6 Å². The number of hydrogen-bond donors (Lipinski definition) is 0. The zero-order valence-electron chi connectivity index (χ0n) is 16.5. The fourth-order valence-electron chi connectivity index (χ4n) is 4.43. The largest absolute Gasteiger partial charge is 0.308 e. The molecule has 0 spiro atoms. The molecule has 1 unspecified atom stereocenters. The Hall–Kier alpha value is -2.88. The highest BCUT2D eigenvalue weighted by molar-refractivity contribution is 6.35. The standard InChI is InChI=1S/C26H18Cl2FNO/c27-18-10-11-20(22(28)13-18)21-14-25(31)30(15-17-6-2-4-8-23(17)29)24-12-9-16-5-1-3-7-19(16)26(21)24/h1-13,21H,14-15H2. The van der Waals surface area contributed by atoms with Crippen LogP contribution in [0.1, 0.15) is 29.0 Å². The highest BCUT2D eigenvalue weighted by Crippen LogP contribution is 2.46. The second kappa shape index (κ2) is 7.99. The second-order valence-corrected chi connectivity index (χ2v) is 8.56. The summed E-state index contributed by atoms with van der Waals surface area (Å²) in [6.45, 7) is 0.178. The van der Waals surface area contributed by atoms with Crippen LogP contribution in [-0.2, 0) is 11.3 Å². The lowest BCUT2D eigenvalue weighted by Gasteiger charge is -2.36. The number of anilines is 1. The van der Waals surface area contributed by atoms with E-state index in [4.69, 9.17) is 23.2 Å². The Morgan fingerprint density at radius 1 is 0.935 bits per heavy atom. The Labute approximate surface area is 189 Å². The molecule has 154 valence electrons. The number of carbonyl (C=O) groups is 1. The first kappa shape index (κ1) is 20.0. The van der Waals surface area contributed by atoms with Crippen LogP contribution in [0.25, 0.3) is 10.8 Å². The van der Waals surface area contributed by atoms with Crippen LogP contribution in [-0.4, -0.2) is 5.91 Å². The maximum atomic E-state index is 14.4. The number of benzene rings is 4. The van der Waals surface area contributed by atoms with Gasteiger partial charge in [-0.2, -0.15) is 0 Å². The molecule has 2 nitrogen and oxygen atoms in total. The minimum Gasteiger partial charge on any atom is -0.308 e. The van der Waals surface area contributed by atoms with Crippen molar-refractivity contribution in [2.75, 3.05) is 4.90 Å². The maximum Gasteiger partial charge on any atom is 0.228 e. The van der Waals surface area contributed by atoms with Crippen LogP contribution >= 0.6 is 23.2 Å². The zero-order chi connectivity index (χ0) is 21.5. The Bertz CT molecular complexity index is 1320. The van der Waals surface area contributed by atoms with E-state index < -0.39 is 0 Å². The Morgan fingerprint density at radius 2 is 1.71 bits per heavy atom. The lowest BCUT2D eigenvalue weighted by molar-refractivity contribution is -0.119. The molecule has 0 fully saturated rings. The van der Waals surface area contributed by atoms with Crippen molar-refractivity contribution < 1.29 is 9.18 Å². The normalized spacial score (nSPS) is 15.9. The zero-order valence-corrected chi connectivity index (χ0v) is 18.0. The fraction of sp³-hybridized carbons (Fsp3) is 0.115. The third-order valence-electron chi connectivity index (χ3n) is 5.89. The van der Waals surface area contributed by atoms with E-state index in [0.717, 1.165) is 27.6 Å². The van der Waals surface area contributed by atoms with Crippen molar-refractivity contribution in [3.05, 3.63) is 111 Å². The van der Waals surface area contributed by atoms with Gasteiger partial charge in [0.05, 0.1) is 6.54 Å². The van der Waals surface area contributed by atoms with Gasteiger partial charge in [0.2, 0.25) is 5.91 Å². The summed E-state index contributed by atoms with van der Waals surface area (Å²) >= 11 is 12.7. The van der Waals surface area contributed by atoms with Gasteiger partial charge in [-0.05, 0) is 46.2 Å². The van der Waals surface area contributed by atoms with Crippen molar-refractivity contribution in [3.8, 4) is 0 Å². The predicted octanol–water partition coefficient (Wildman–Crippen LogP) is 7.35. The number of amides is 1. The Kier molecular flexibility index (Phi) is 5.17. The average molecular weight is 450 g/mol. The molecule has 1 amide bonds. The van der Waals surface area contributed by atoms with E-state index >= 15 is 0 Å². The SMILES string of the molecule is O=C1CC(c2ccc(Cl)cc2Cl)c2c(ccc3ccccc23)N1Cc1ccccc1F. The summed E-state index contributed by atoms with van der Waals surface area (Å²) in [4.78, 5) is 15.0. The van der Waals surface area contributed by atoms with Gasteiger partial charge in [0.25, 0.3) is 0 Å². The molecule has 31 heavy (non-hydrogen) atoms. The molecule has 4 aromatic rings. The van der Waals surface area contributed by atoms with Crippen LogP contribution in [0.4, 0.5) is 10.1 Å². The summed E-state index contributed by atoms with van der Waals surface area (Å²) in [5, 5.41) is 3.22. The summed E-state index contributed by atoms with van der Waals surface area (Å²) in [5.41, 5.74) is 3.16. The molecule has 0 aromatic heterocycles. The molecule has 0 saturated carbocycles. The highest BCUT2D eigenvalue weighted by atomic mass is 35.5. The lowest BCUT2D eigenvalue weighted by Crippen LogP contribution is -2.37. The minimum absolute atomic E-state index is 0.0675. The van der Waals surface area contributed by atoms with Crippen LogP contribution < -0.4 is 4.90 Å². The quantitative estimate of drug-likeness (QED) is 0.320. The molecule has 0 saturated heterocycles. The molecule has 4 aromatic carbocycles. The van der Waals surface area contributed by atoms with Gasteiger partial charge in [0.15, 0.2) is 0 Å². The van der Waals surface area contributed by atoms with Crippen LogP contribution in [0.3, 0.4) is 0 Å². The number of fused-ring (bicyclic) bond motifs is 3. The number of hydrogen-bond acceptors (Lipinski definition) is 1. The summed E-state index contributed by atoms with van der Waals surface area (Å²) in [5.74, 6) is -0.599. The molecule has 5 heteroatoms. The van der Waals surface area contributed by atoms with E-state index in [1.165, 1.54) is 6.07 Å². The van der Waals surface area contributed by atoms with Gasteiger partial charge in [0.1, 0.15) is 5.82 Å². The Morgan fingerprint density at radius 3 is 2.52 bits per heavy atom. The molecule has 1 heterocycles. The van der Waals surface area contributed by atoms with Gasteiger partial charge in [-0.1, -0.05) is 77.8 Å². The first-order chi connectivity index (χ1) is 15.0. The van der Waals surface area contributed by atoms with Gasteiger partial charge in [-0.25, -0.2) is 4.39 Å². The summed E-state index contributed by atoms with van der Waals surface area (Å²) in [6.07, 6.45) is 0.247. The van der Waals surface area contributed by atoms with Gasteiger partial charge in [-0.15, -0.1) is 0 Å². The second-order valence-electron chi connectivity index (χ2n) is 7.71. The fourth-order valence-corrected chi connectivity index (χ4v) is 4.97. The molecule has 1 atom stereocenters. The van der Waals surface area contributed by atoms with Crippen LogP contribution in [0.15, 0.2) is 78.9 Å². The molecular formula is C26H18Cl2FNO. The van der Waals surface area contributed by atoms with Gasteiger partial charge in [-0.3, -0.25) is 4.79 Å². The molecule has 1 aliphatic heterocycles. The molecule has 0 radical (unpaired) electrons. The predicted molar refractivity (Wildman–Crippen MR) is 124 cm³/mol. The van der Waals surface area contributed by atoms with E-state index in [1.807, 2.05) is 36.4 Å². The number of carbonyl (C=O) groups excluding carboxylic acids is 1. The average Bonchev–Trinajstić information content (AvgIpc) is 2.76. The smallest absolute Gasteiger partial charge is 0.228 e. The monoisotopic (exact) mass is 449 g/mol. The summed E-state index contributed by atoms with van der Waals surface area (Å²) in [7, 11) is 0. The van der Waals surface area contributed by atoms with Crippen molar-refractivity contribution in [2.45, 2.75) is 18.9 Å². The van der Waals surface area contributed by atoms with Crippen LogP contribution in [0, 0.1) is 5.82 Å². The molecule has 0 N–H and O–H groups in total. The first-order valence-electron chi connectivity index (χ1n) is 10.0. The van der Waals surface area contributed by atoms with E-state index in [0.29, 0.717) is 15.6 Å². The van der Waals surface area contributed by atoms with Crippen LogP contribution in [0.2, 0.25) is 10.0 Å². The Balaban J connectivity index is 1.71. The van der Waals surface area contributed by atoms with Crippen molar-refractivity contribution in [3.63, 3.8) is 0 Å². The number of rotatable bonds is 3. The van der Waals surface area contributed by atoms with E-state index in [2.05, 4.69) is 6.07 Å². The molecule has 0 aliphatic carbocycles. The van der Waals surface area contributed by atoms with Crippen molar-refractivity contribution >= 4 is 45.6 Å². The van der Waals surface area contributed by atoms with E-state index in [1.54, 1.807) is 35.2 Å². The van der Waals surface area contributed by atoms with Crippen LogP contribution in [0.5, 0.6) is 0 Å². The summed E-state index contributed by atoms with van der Waals surface area (Å²) < 4.78 is 14.4. The number of nitrogens with zero attached hydrogens (tertiary/aromatic N) is 1. The molecule has 5 rings (SSSR count). The lowest BCUT2D eigenvalue weighted by atomic mass is 9.81. The van der Waals surface area contributed by atoms with E-state index in [9.17, 15) is 9.18 Å². The molecule has 0 bridgehead atoms. The van der Waals surface area contributed by atoms with Gasteiger partial charge < -0.3 is 4.90 Å². The van der Waals surface area contributed by atoms with Gasteiger partial charge >= 0.3 is 0 Å². The summed E-state index contributed by atoms with van der Waals surface area (Å²) in [6, 6.07) is 24.0. The molecule has 1 aliphatic rings. The highest BCUT2D eigenvalue weighted by Gasteiger charge is 2.34. The van der Waals surface area contributed by atoms with E-state index in [-0.39, 0.29) is 30.6 Å². The topological polar surface area (TPSA) is 20.3 Å². The maximum absolute atomic E-state index is 14.4. The minimum atomic E-state index is -0.319.